The van der Waals surface area contributed by atoms with Crippen LogP contribution >= 0.6 is 15.6 Å². The third-order valence-electron chi connectivity index (χ3n) is 16.5. The third-order valence-corrected chi connectivity index (χ3v) is 18.4. The highest BCUT2D eigenvalue weighted by atomic mass is 31.2. The Labute approximate surface area is 642 Å². The molecule has 5 atom stereocenters. The van der Waals surface area contributed by atoms with Gasteiger partial charge in [0, 0.05) is 25.7 Å². The Morgan fingerprint density at radius 3 is 0.849 bits per heavy atom. The number of unbranched alkanes of at least 4 members (excludes halogenated alkanes) is 23. The first-order valence-electron chi connectivity index (χ1n) is 40.7. The zero-order valence-electron chi connectivity index (χ0n) is 66.1. The zero-order chi connectivity index (χ0) is 77.4. The molecule has 0 amide bonds. The Morgan fingerprint density at radius 2 is 0.509 bits per heavy atom. The number of hydrogen-bond acceptors (Lipinski definition) is 15. The SMILES string of the molecule is CC/C=C\C/C=C\C/C=C\C/C=C\C/C=C\CCCCCC(=O)O[C@H](COC(=O)CCCCCCC/C=C\CCCCCC)COP(=O)(O)OC[C@H](O)COP(=O)(O)OC[C@@H](COC(=O)CC/C=C\C/C=C\C/C=C\C/C=C\C/C=C\CCCCC)OC(=O)CCCCCCC/C=C\C/C=C\CCCCC. The molecule has 0 bridgehead atoms. The minimum atomic E-state index is -5.01. The van der Waals surface area contributed by atoms with Gasteiger partial charge in [-0.1, -0.05) is 276 Å². The van der Waals surface area contributed by atoms with Crippen LogP contribution in [0.4, 0.5) is 0 Å². The molecule has 3 N–H and O–H groups in total. The summed E-state index contributed by atoms with van der Waals surface area (Å²) in [7, 11) is -10.0. The molecule has 0 aliphatic carbocycles. The highest BCUT2D eigenvalue weighted by molar-refractivity contribution is 7.47. The maximum Gasteiger partial charge on any atom is 0.472 e. The first kappa shape index (κ1) is 101. The molecule has 0 aromatic carbocycles. The molecular weight excluding hydrogens is 1380 g/mol. The van der Waals surface area contributed by atoms with Crippen LogP contribution in [0.2, 0.25) is 0 Å². The lowest BCUT2D eigenvalue weighted by Crippen LogP contribution is -2.30. The van der Waals surface area contributed by atoms with Crippen molar-refractivity contribution in [2.75, 3.05) is 39.6 Å². The lowest BCUT2D eigenvalue weighted by molar-refractivity contribution is -0.161. The summed E-state index contributed by atoms with van der Waals surface area (Å²) in [6.07, 6.45) is 90.9. The van der Waals surface area contributed by atoms with E-state index in [1.54, 1.807) is 0 Å². The number of allylic oxidation sites excluding steroid dienone is 26. The molecule has 0 heterocycles. The molecule has 17 nitrogen and oxygen atoms in total. The fourth-order valence-corrected chi connectivity index (χ4v) is 11.8. The number of aliphatic hydroxyl groups is 1. The van der Waals surface area contributed by atoms with Gasteiger partial charge >= 0.3 is 39.5 Å². The lowest BCUT2D eigenvalue weighted by atomic mass is 10.1. The van der Waals surface area contributed by atoms with Gasteiger partial charge < -0.3 is 33.8 Å². The van der Waals surface area contributed by atoms with Crippen LogP contribution in [-0.2, 0) is 65.4 Å². The van der Waals surface area contributed by atoms with E-state index in [2.05, 4.69) is 167 Å². The van der Waals surface area contributed by atoms with Crippen LogP contribution in [-0.4, -0.2) is 96.7 Å². The standard InChI is InChI=1S/C87H144O17P2/c1-5-9-13-17-21-25-29-33-36-38-40-42-45-48-52-56-60-64-68-72-85(90)98-78-83(103-86(91)73-69-65-61-57-53-49-44-35-31-27-23-19-15-11-7-3)80-102-106(95,96)100-76-81(88)75-99-105(93,94)101-79-82(77-97-84(89)71-67-63-59-55-51-47-32-28-24-20-16-12-8-4)104-87(92)74-70-66-62-58-54-50-46-43-41-39-37-34-30-26-22-18-14-10-6-2/h10,14,21-23,25-28,32-37,40-44,48,50,52,54,60,64,81-83,88H,5-9,11-13,15-20,24,29-31,38-39,45-47,49,51,53,55-59,61-63,65-80H2,1-4H3,(H,93,94)(H,95,96)/b14-10-,25-21-,26-22-,27-23-,32-28-,36-33-,37-34-,42-40-,43-41-,44-35-,52-48-,54-50-,64-60-/t81-,82+,83+/m0/s1. The molecule has 19 heteroatoms. The predicted octanol–water partition coefficient (Wildman–Crippen LogP) is 24.0. The van der Waals surface area contributed by atoms with Crippen molar-refractivity contribution in [2.45, 2.75) is 329 Å². The minimum Gasteiger partial charge on any atom is -0.462 e. The number of esters is 4. The molecule has 0 saturated heterocycles. The van der Waals surface area contributed by atoms with E-state index in [0.29, 0.717) is 32.1 Å². The topological polar surface area (TPSA) is 237 Å². The van der Waals surface area contributed by atoms with Crippen LogP contribution in [0.3, 0.4) is 0 Å². The van der Waals surface area contributed by atoms with Crippen molar-refractivity contribution in [3.05, 3.63) is 158 Å². The number of rotatable bonds is 75. The molecule has 0 radical (unpaired) electrons. The summed E-state index contributed by atoms with van der Waals surface area (Å²) < 4.78 is 68.5. The van der Waals surface area contributed by atoms with Gasteiger partial charge in [0.15, 0.2) is 12.2 Å². The van der Waals surface area contributed by atoms with Crippen molar-refractivity contribution in [3.63, 3.8) is 0 Å². The highest BCUT2D eigenvalue weighted by Gasteiger charge is 2.30. The first-order chi connectivity index (χ1) is 51.7. The quantitative estimate of drug-likeness (QED) is 0.0169. The fraction of sp³-hybridized carbons (Fsp3) is 0.655. The van der Waals surface area contributed by atoms with Gasteiger partial charge in [0.25, 0.3) is 0 Å². The van der Waals surface area contributed by atoms with Gasteiger partial charge in [0.05, 0.1) is 26.4 Å². The second kappa shape index (κ2) is 77.8. The maximum absolute atomic E-state index is 13.1. The van der Waals surface area contributed by atoms with Crippen LogP contribution in [0.25, 0.3) is 0 Å². The molecule has 0 rings (SSSR count). The Morgan fingerprint density at radius 1 is 0.274 bits per heavy atom. The molecule has 0 fully saturated rings. The summed E-state index contributed by atoms with van der Waals surface area (Å²) >= 11 is 0. The number of carbonyl (C=O) groups is 4. The summed E-state index contributed by atoms with van der Waals surface area (Å²) in [6, 6.07) is 0. The van der Waals surface area contributed by atoms with E-state index >= 15 is 0 Å². The van der Waals surface area contributed by atoms with E-state index in [9.17, 15) is 43.2 Å². The molecule has 0 aliphatic heterocycles. The van der Waals surface area contributed by atoms with E-state index in [-0.39, 0.29) is 25.7 Å². The second-order valence-electron chi connectivity index (χ2n) is 26.6. The normalized spacial score (nSPS) is 14.7. The van der Waals surface area contributed by atoms with Gasteiger partial charge in [-0.25, -0.2) is 9.13 Å². The second-order valence-corrected chi connectivity index (χ2v) is 29.5. The van der Waals surface area contributed by atoms with Gasteiger partial charge in [0.2, 0.25) is 0 Å². The molecule has 106 heavy (non-hydrogen) atoms. The van der Waals surface area contributed by atoms with Crippen LogP contribution < -0.4 is 0 Å². The number of ether oxygens (including phenoxy) is 4. The van der Waals surface area contributed by atoms with Gasteiger partial charge in [-0.2, -0.15) is 0 Å². The van der Waals surface area contributed by atoms with Gasteiger partial charge in [-0.05, 0) is 167 Å². The van der Waals surface area contributed by atoms with E-state index in [1.807, 2.05) is 18.2 Å². The smallest absolute Gasteiger partial charge is 0.462 e. The van der Waals surface area contributed by atoms with Crippen LogP contribution in [0.15, 0.2) is 158 Å². The molecule has 604 valence electrons. The van der Waals surface area contributed by atoms with E-state index < -0.39 is 97.5 Å². The van der Waals surface area contributed by atoms with Crippen molar-refractivity contribution in [1.29, 1.82) is 0 Å². The van der Waals surface area contributed by atoms with E-state index in [1.165, 1.54) is 64.2 Å². The number of phosphoric acid groups is 2. The lowest BCUT2D eigenvalue weighted by Gasteiger charge is -2.21. The average Bonchev–Trinajstić information content (AvgIpc) is 0.911. The van der Waals surface area contributed by atoms with Crippen LogP contribution in [0.1, 0.15) is 310 Å². The number of carbonyl (C=O) groups excluding carboxylic acids is 4. The Kier molecular flexibility index (Phi) is 73.9. The van der Waals surface area contributed by atoms with Crippen LogP contribution in [0, 0.1) is 0 Å². The van der Waals surface area contributed by atoms with Crippen molar-refractivity contribution < 1.29 is 80.2 Å². The highest BCUT2D eigenvalue weighted by Crippen LogP contribution is 2.45. The van der Waals surface area contributed by atoms with Crippen molar-refractivity contribution in [1.82, 2.24) is 0 Å². The molecule has 0 aromatic heterocycles. The summed E-state index contributed by atoms with van der Waals surface area (Å²) in [5.41, 5.74) is 0. The number of hydrogen-bond donors (Lipinski definition) is 3. The number of aliphatic hydroxyl groups excluding tert-OH is 1. The molecule has 2 unspecified atom stereocenters. The Bertz CT molecular complexity index is 2630. The van der Waals surface area contributed by atoms with Crippen LogP contribution in [0.5, 0.6) is 0 Å². The summed E-state index contributed by atoms with van der Waals surface area (Å²) in [5, 5.41) is 10.6. The van der Waals surface area contributed by atoms with Gasteiger partial charge in [0.1, 0.15) is 19.3 Å². The van der Waals surface area contributed by atoms with Gasteiger partial charge in [-0.15, -0.1) is 0 Å². The first-order valence-corrected chi connectivity index (χ1v) is 43.7. The summed E-state index contributed by atoms with van der Waals surface area (Å²) in [6.45, 7) is 4.54. The summed E-state index contributed by atoms with van der Waals surface area (Å²) in [5.74, 6) is -2.34. The Balaban J connectivity index is 5.48. The van der Waals surface area contributed by atoms with Crippen molar-refractivity contribution in [3.8, 4) is 0 Å². The average molecular weight is 1520 g/mol. The maximum atomic E-state index is 13.1. The molecule has 0 aliphatic rings. The molecule has 0 spiro atoms. The van der Waals surface area contributed by atoms with E-state index in [4.69, 9.17) is 37.0 Å². The molecular formula is C87H144O17P2. The monoisotopic (exact) mass is 1520 g/mol. The molecule has 0 aromatic rings. The third kappa shape index (κ3) is 76.9. The van der Waals surface area contributed by atoms with Gasteiger partial charge in [-0.3, -0.25) is 37.3 Å². The van der Waals surface area contributed by atoms with E-state index in [0.717, 1.165) is 161 Å². The summed E-state index contributed by atoms with van der Waals surface area (Å²) in [4.78, 5) is 73.0. The largest absolute Gasteiger partial charge is 0.472 e. The fourth-order valence-electron chi connectivity index (χ4n) is 10.3. The Hall–Kier alpha value is -5.32. The zero-order valence-corrected chi connectivity index (χ0v) is 67.8. The predicted molar refractivity (Wildman–Crippen MR) is 436 cm³/mol. The molecule has 0 saturated carbocycles. The minimum absolute atomic E-state index is 0.0299. The van der Waals surface area contributed by atoms with Crippen molar-refractivity contribution >= 4 is 39.5 Å². The van der Waals surface area contributed by atoms with Crippen molar-refractivity contribution in [2.24, 2.45) is 0 Å². The number of phosphoric ester groups is 2.